The average molecular weight is 381 g/mol. The minimum absolute atomic E-state index is 0.0908. The van der Waals surface area contributed by atoms with E-state index in [0.717, 1.165) is 34.9 Å². The predicted octanol–water partition coefficient (Wildman–Crippen LogP) is 3.88. The van der Waals surface area contributed by atoms with Gasteiger partial charge < -0.3 is 18.9 Å². The average Bonchev–Trinajstić information content (AvgIpc) is 3.08. The van der Waals surface area contributed by atoms with Gasteiger partial charge in [0, 0.05) is 20.0 Å². The number of methoxy groups -OCH3 is 1. The molecule has 0 aliphatic carbocycles. The lowest BCUT2D eigenvalue weighted by molar-refractivity contribution is -0.130. The first-order chi connectivity index (χ1) is 13.6. The first kappa shape index (κ1) is 19.7. The summed E-state index contributed by atoms with van der Waals surface area (Å²) < 4.78 is 13.0. The van der Waals surface area contributed by atoms with Crippen LogP contribution in [0.25, 0.3) is 11.0 Å². The number of rotatable bonds is 9. The van der Waals surface area contributed by atoms with E-state index in [9.17, 15) is 4.79 Å². The topological polar surface area (TPSA) is 56.6 Å². The van der Waals surface area contributed by atoms with Crippen LogP contribution in [0.2, 0.25) is 0 Å². The van der Waals surface area contributed by atoms with Gasteiger partial charge in [-0.1, -0.05) is 12.1 Å². The zero-order chi connectivity index (χ0) is 19.9. The fraction of sp³-hybridized carbons (Fsp3) is 0.364. The Morgan fingerprint density at radius 1 is 1.11 bits per heavy atom. The molecule has 0 fully saturated rings. The molecule has 3 aromatic rings. The number of para-hydroxylation sites is 2. The van der Waals surface area contributed by atoms with Crippen molar-refractivity contribution in [3.05, 3.63) is 54.4 Å². The molecule has 0 saturated carbocycles. The van der Waals surface area contributed by atoms with Crippen LogP contribution in [0.15, 0.2) is 48.5 Å². The van der Waals surface area contributed by atoms with E-state index in [0.29, 0.717) is 26.0 Å². The molecule has 3 rings (SSSR count). The number of benzene rings is 2. The second-order valence-electron chi connectivity index (χ2n) is 6.64. The molecule has 6 nitrogen and oxygen atoms in total. The quantitative estimate of drug-likeness (QED) is 0.528. The Bertz CT molecular complexity index is 918. The Labute approximate surface area is 165 Å². The number of nitrogens with zero attached hydrogens (tertiary/aromatic N) is 3. The predicted molar refractivity (Wildman–Crippen MR) is 110 cm³/mol. The first-order valence-electron chi connectivity index (χ1n) is 9.57. The van der Waals surface area contributed by atoms with Crippen molar-refractivity contribution in [1.82, 2.24) is 14.5 Å². The molecule has 0 aliphatic heterocycles. The number of aryl methyl sites for hydroxylation is 1. The minimum Gasteiger partial charge on any atom is -0.497 e. The van der Waals surface area contributed by atoms with E-state index in [1.807, 2.05) is 49.5 Å². The summed E-state index contributed by atoms with van der Waals surface area (Å²) in [4.78, 5) is 18.9. The Morgan fingerprint density at radius 3 is 2.54 bits per heavy atom. The third kappa shape index (κ3) is 4.63. The maximum atomic E-state index is 12.5. The van der Waals surface area contributed by atoms with Crippen molar-refractivity contribution in [2.24, 2.45) is 0 Å². The van der Waals surface area contributed by atoms with Gasteiger partial charge in [0.05, 0.1) is 31.3 Å². The highest BCUT2D eigenvalue weighted by atomic mass is 16.5. The zero-order valence-electron chi connectivity index (χ0n) is 16.7. The van der Waals surface area contributed by atoms with Crippen molar-refractivity contribution < 1.29 is 14.3 Å². The molecule has 6 heteroatoms. The summed E-state index contributed by atoms with van der Waals surface area (Å²) in [6.07, 6.45) is 1.11. The monoisotopic (exact) mass is 381 g/mol. The van der Waals surface area contributed by atoms with Crippen molar-refractivity contribution in [1.29, 1.82) is 0 Å². The summed E-state index contributed by atoms with van der Waals surface area (Å²) in [7, 11) is 3.46. The van der Waals surface area contributed by atoms with Gasteiger partial charge in [-0.3, -0.25) is 4.79 Å². The van der Waals surface area contributed by atoms with Gasteiger partial charge in [-0.05, 0) is 49.7 Å². The molecule has 1 heterocycles. The number of imidazole rings is 1. The minimum atomic E-state index is 0.0908. The summed E-state index contributed by atoms with van der Waals surface area (Å²) in [6, 6.07) is 15.5. The van der Waals surface area contributed by atoms with E-state index in [4.69, 9.17) is 14.5 Å². The van der Waals surface area contributed by atoms with Crippen molar-refractivity contribution in [3.8, 4) is 11.5 Å². The van der Waals surface area contributed by atoms with Crippen LogP contribution in [0.5, 0.6) is 11.5 Å². The standard InChI is InChI=1S/C22H27N3O3/c1-4-25-20-9-6-5-8-19(20)23-21(25)16-24(2)22(26)10-7-15-28-18-13-11-17(27-3)12-14-18/h5-6,8-9,11-14H,4,7,10,15-16H2,1-3H3. The summed E-state index contributed by atoms with van der Waals surface area (Å²) in [5.74, 6) is 2.57. The van der Waals surface area contributed by atoms with Crippen molar-refractivity contribution >= 4 is 16.9 Å². The van der Waals surface area contributed by atoms with Crippen LogP contribution in [0.4, 0.5) is 0 Å². The van der Waals surface area contributed by atoms with Crippen LogP contribution in [0, 0.1) is 0 Å². The second kappa shape index (κ2) is 9.26. The van der Waals surface area contributed by atoms with Crippen LogP contribution in [-0.2, 0) is 17.9 Å². The van der Waals surface area contributed by atoms with Crippen LogP contribution in [-0.4, -0.2) is 41.1 Å². The summed E-state index contributed by atoms with van der Waals surface area (Å²) in [5.41, 5.74) is 2.07. The van der Waals surface area contributed by atoms with Gasteiger partial charge in [0.25, 0.3) is 0 Å². The third-order valence-corrected chi connectivity index (χ3v) is 4.72. The van der Waals surface area contributed by atoms with Gasteiger partial charge in [0.1, 0.15) is 17.3 Å². The lowest BCUT2D eigenvalue weighted by Crippen LogP contribution is -2.27. The van der Waals surface area contributed by atoms with Crippen LogP contribution in [0.3, 0.4) is 0 Å². The molecule has 0 bridgehead atoms. The first-order valence-corrected chi connectivity index (χ1v) is 9.57. The van der Waals surface area contributed by atoms with E-state index >= 15 is 0 Å². The number of carbonyl (C=O) groups is 1. The van der Waals surface area contributed by atoms with Gasteiger partial charge in [0.2, 0.25) is 5.91 Å². The maximum Gasteiger partial charge on any atom is 0.222 e. The smallest absolute Gasteiger partial charge is 0.222 e. The van der Waals surface area contributed by atoms with Crippen molar-refractivity contribution in [2.45, 2.75) is 32.9 Å². The number of carbonyl (C=O) groups excluding carboxylic acids is 1. The molecule has 0 spiro atoms. The molecule has 2 aromatic carbocycles. The number of fused-ring (bicyclic) bond motifs is 1. The number of hydrogen-bond donors (Lipinski definition) is 0. The molecule has 0 radical (unpaired) electrons. The highest BCUT2D eigenvalue weighted by molar-refractivity contribution is 5.77. The highest BCUT2D eigenvalue weighted by Gasteiger charge is 2.14. The van der Waals surface area contributed by atoms with E-state index in [2.05, 4.69) is 17.6 Å². The zero-order valence-corrected chi connectivity index (χ0v) is 16.7. The number of amides is 1. The summed E-state index contributed by atoms with van der Waals surface area (Å²) in [6.45, 7) is 3.92. The van der Waals surface area contributed by atoms with Gasteiger partial charge in [0.15, 0.2) is 0 Å². The van der Waals surface area contributed by atoms with Gasteiger partial charge in [-0.15, -0.1) is 0 Å². The fourth-order valence-electron chi connectivity index (χ4n) is 3.18. The normalized spacial score (nSPS) is 10.8. The molecule has 1 aromatic heterocycles. The van der Waals surface area contributed by atoms with Crippen molar-refractivity contribution in [2.75, 3.05) is 20.8 Å². The highest BCUT2D eigenvalue weighted by Crippen LogP contribution is 2.18. The lowest BCUT2D eigenvalue weighted by Gasteiger charge is -2.17. The molecular weight excluding hydrogens is 354 g/mol. The number of ether oxygens (including phenoxy) is 2. The van der Waals surface area contributed by atoms with Crippen LogP contribution < -0.4 is 9.47 Å². The summed E-state index contributed by atoms with van der Waals surface area (Å²) >= 11 is 0. The second-order valence-corrected chi connectivity index (χ2v) is 6.64. The van der Waals surface area contributed by atoms with Crippen LogP contribution >= 0.6 is 0 Å². The lowest BCUT2D eigenvalue weighted by atomic mass is 10.3. The molecule has 28 heavy (non-hydrogen) atoms. The van der Waals surface area contributed by atoms with Crippen molar-refractivity contribution in [3.63, 3.8) is 0 Å². The van der Waals surface area contributed by atoms with E-state index in [-0.39, 0.29) is 5.91 Å². The van der Waals surface area contributed by atoms with Crippen LogP contribution in [0.1, 0.15) is 25.6 Å². The van der Waals surface area contributed by atoms with Gasteiger partial charge in [-0.2, -0.15) is 0 Å². The molecule has 1 amide bonds. The third-order valence-electron chi connectivity index (χ3n) is 4.72. The molecule has 148 valence electrons. The summed E-state index contributed by atoms with van der Waals surface area (Å²) in [5, 5.41) is 0. The molecule has 0 aliphatic rings. The molecule has 0 N–H and O–H groups in total. The SMILES string of the molecule is CCn1c(CN(C)C(=O)CCCOc2ccc(OC)cc2)nc2ccccc21. The Morgan fingerprint density at radius 2 is 1.82 bits per heavy atom. The Balaban J connectivity index is 1.49. The molecule has 0 atom stereocenters. The van der Waals surface area contributed by atoms with E-state index in [1.165, 1.54) is 0 Å². The fourth-order valence-corrected chi connectivity index (χ4v) is 3.18. The van der Waals surface area contributed by atoms with E-state index in [1.54, 1.807) is 12.0 Å². The van der Waals surface area contributed by atoms with Gasteiger partial charge >= 0.3 is 0 Å². The molecule has 0 unspecified atom stereocenters. The van der Waals surface area contributed by atoms with Gasteiger partial charge in [-0.25, -0.2) is 4.98 Å². The Hall–Kier alpha value is -3.02. The Kier molecular flexibility index (Phi) is 6.53. The van der Waals surface area contributed by atoms with E-state index < -0.39 is 0 Å². The maximum absolute atomic E-state index is 12.5. The number of hydrogen-bond acceptors (Lipinski definition) is 4. The number of aromatic nitrogens is 2. The largest absolute Gasteiger partial charge is 0.497 e. The molecular formula is C22H27N3O3. The molecule has 0 saturated heterocycles.